The van der Waals surface area contributed by atoms with Crippen molar-refractivity contribution in [2.24, 2.45) is 0 Å². The summed E-state index contributed by atoms with van der Waals surface area (Å²) in [6.07, 6.45) is 3.44. The molecule has 2 N–H and O–H groups in total. The maximum absolute atomic E-state index is 13.9. The standard InChI is InChI=1S/C27H24FN3O3S/c1-16-10-11-18(14-20(16)28)22-15-21(31-34-22)25(32)30-27-24(19-8-5-9-23(19)35-27)26(33)29-13-12-17-6-3-2-4-7-17/h2-4,6-7,10-11,14-15H,5,8-9,12-13H2,1H3,(H,29,33)(H,30,32). The lowest BCUT2D eigenvalue weighted by Gasteiger charge is -2.09. The molecule has 2 heterocycles. The highest BCUT2D eigenvalue weighted by Gasteiger charge is 2.28. The molecule has 0 aliphatic heterocycles. The van der Waals surface area contributed by atoms with Crippen LogP contribution in [-0.2, 0) is 19.3 Å². The van der Waals surface area contributed by atoms with E-state index >= 15 is 0 Å². The second kappa shape index (κ2) is 9.84. The number of nitrogens with zero attached hydrogens (tertiary/aromatic N) is 1. The second-order valence-electron chi connectivity index (χ2n) is 8.55. The summed E-state index contributed by atoms with van der Waals surface area (Å²) in [5.41, 5.74) is 3.77. The zero-order chi connectivity index (χ0) is 24.4. The zero-order valence-corrected chi connectivity index (χ0v) is 20.0. The van der Waals surface area contributed by atoms with Gasteiger partial charge < -0.3 is 15.2 Å². The van der Waals surface area contributed by atoms with Gasteiger partial charge in [0.05, 0.1) is 5.56 Å². The first-order valence-electron chi connectivity index (χ1n) is 11.5. The third-order valence-corrected chi connectivity index (χ3v) is 7.32. The number of rotatable bonds is 7. The predicted molar refractivity (Wildman–Crippen MR) is 133 cm³/mol. The van der Waals surface area contributed by atoms with Crippen molar-refractivity contribution in [3.8, 4) is 11.3 Å². The minimum atomic E-state index is -0.481. The summed E-state index contributed by atoms with van der Waals surface area (Å²) in [7, 11) is 0. The Kier molecular flexibility index (Phi) is 6.46. The van der Waals surface area contributed by atoms with Gasteiger partial charge in [-0.05, 0) is 55.4 Å². The number of carbonyl (C=O) groups excluding carboxylic acids is 2. The maximum atomic E-state index is 13.9. The van der Waals surface area contributed by atoms with Gasteiger partial charge in [-0.15, -0.1) is 11.3 Å². The Morgan fingerprint density at radius 2 is 1.91 bits per heavy atom. The summed E-state index contributed by atoms with van der Waals surface area (Å²) in [5.74, 6) is -0.736. The van der Waals surface area contributed by atoms with E-state index in [2.05, 4.69) is 15.8 Å². The van der Waals surface area contributed by atoms with Crippen molar-refractivity contribution in [2.75, 3.05) is 11.9 Å². The molecular weight excluding hydrogens is 465 g/mol. The molecule has 35 heavy (non-hydrogen) atoms. The maximum Gasteiger partial charge on any atom is 0.278 e. The van der Waals surface area contributed by atoms with E-state index in [4.69, 9.17) is 4.52 Å². The van der Waals surface area contributed by atoms with Gasteiger partial charge in [0.25, 0.3) is 11.8 Å². The van der Waals surface area contributed by atoms with Crippen molar-refractivity contribution in [1.29, 1.82) is 0 Å². The molecule has 1 aliphatic carbocycles. The molecule has 0 spiro atoms. The number of aromatic nitrogens is 1. The first-order valence-corrected chi connectivity index (χ1v) is 12.3. The van der Waals surface area contributed by atoms with Gasteiger partial charge in [-0.3, -0.25) is 9.59 Å². The molecule has 0 radical (unpaired) electrons. The summed E-state index contributed by atoms with van der Waals surface area (Å²) >= 11 is 1.44. The molecule has 178 valence electrons. The van der Waals surface area contributed by atoms with Gasteiger partial charge in [-0.1, -0.05) is 47.6 Å². The van der Waals surface area contributed by atoms with Crippen LogP contribution in [-0.4, -0.2) is 23.5 Å². The predicted octanol–water partition coefficient (Wildman–Crippen LogP) is 5.56. The van der Waals surface area contributed by atoms with E-state index in [9.17, 15) is 14.0 Å². The van der Waals surface area contributed by atoms with Crippen LogP contribution in [0.4, 0.5) is 9.39 Å². The van der Waals surface area contributed by atoms with Gasteiger partial charge >= 0.3 is 0 Å². The fourth-order valence-electron chi connectivity index (χ4n) is 4.22. The molecule has 0 bridgehead atoms. The van der Waals surface area contributed by atoms with Crippen LogP contribution in [0.3, 0.4) is 0 Å². The lowest BCUT2D eigenvalue weighted by atomic mass is 10.1. The summed E-state index contributed by atoms with van der Waals surface area (Å²) in [5, 5.41) is 10.2. The average Bonchev–Trinajstić information content (AvgIpc) is 3.58. The molecular formula is C27H24FN3O3S. The normalized spacial score (nSPS) is 12.4. The van der Waals surface area contributed by atoms with E-state index in [1.54, 1.807) is 19.1 Å². The number of amides is 2. The molecule has 0 saturated heterocycles. The van der Waals surface area contributed by atoms with E-state index in [0.717, 1.165) is 41.7 Å². The van der Waals surface area contributed by atoms with Gasteiger partial charge in [0.1, 0.15) is 10.8 Å². The SMILES string of the molecule is Cc1ccc(-c2cc(C(=O)Nc3sc4c(c3C(=O)NCCc3ccccc3)CCC4)no2)cc1F. The van der Waals surface area contributed by atoms with Crippen LogP contribution in [0.2, 0.25) is 0 Å². The summed E-state index contributed by atoms with van der Waals surface area (Å²) in [4.78, 5) is 27.2. The van der Waals surface area contributed by atoms with Crippen molar-refractivity contribution < 1.29 is 18.5 Å². The van der Waals surface area contributed by atoms with E-state index in [1.165, 1.54) is 23.5 Å². The summed E-state index contributed by atoms with van der Waals surface area (Å²) < 4.78 is 19.2. The van der Waals surface area contributed by atoms with E-state index < -0.39 is 5.91 Å². The van der Waals surface area contributed by atoms with Gasteiger partial charge in [0.15, 0.2) is 11.5 Å². The Morgan fingerprint density at radius 3 is 2.71 bits per heavy atom. The van der Waals surface area contributed by atoms with E-state index in [0.29, 0.717) is 34.0 Å². The van der Waals surface area contributed by atoms with Gasteiger partial charge in [0.2, 0.25) is 0 Å². The van der Waals surface area contributed by atoms with Crippen molar-refractivity contribution in [3.05, 3.63) is 93.2 Å². The number of hydrogen-bond acceptors (Lipinski definition) is 5. The second-order valence-corrected chi connectivity index (χ2v) is 9.65. The van der Waals surface area contributed by atoms with Crippen LogP contribution >= 0.6 is 11.3 Å². The van der Waals surface area contributed by atoms with Crippen molar-refractivity contribution in [1.82, 2.24) is 10.5 Å². The summed E-state index contributed by atoms with van der Waals surface area (Å²) in [6, 6.07) is 16.1. The quantitative estimate of drug-likeness (QED) is 0.356. The summed E-state index contributed by atoms with van der Waals surface area (Å²) in [6.45, 7) is 2.17. The molecule has 0 saturated carbocycles. The molecule has 8 heteroatoms. The molecule has 1 aliphatic rings. The number of thiophene rings is 1. The Hall–Kier alpha value is -3.78. The van der Waals surface area contributed by atoms with Crippen LogP contribution in [0, 0.1) is 12.7 Å². The Bertz CT molecular complexity index is 1390. The molecule has 0 fully saturated rings. The average molecular weight is 490 g/mol. The zero-order valence-electron chi connectivity index (χ0n) is 19.2. The molecule has 2 amide bonds. The van der Waals surface area contributed by atoms with Crippen LogP contribution < -0.4 is 10.6 Å². The lowest BCUT2D eigenvalue weighted by Crippen LogP contribution is -2.27. The number of fused-ring (bicyclic) bond motifs is 1. The first-order chi connectivity index (χ1) is 17.0. The molecule has 0 atom stereocenters. The van der Waals surface area contributed by atoms with Gasteiger partial charge in [0, 0.05) is 23.1 Å². The van der Waals surface area contributed by atoms with Crippen molar-refractivity contribution in [3.63, 3.8) is 0 Å². The highest BCUT2D eigenvalue weighted by Crippen LogP contribution is 2.39. The smallest absolute Gasteiger partial charge is 0.278 e. The minimum absolute atomic E-state index is 0.0602. The highest BCUT2D eigenvalue weighted by molar-refractivity contribution is 7.17. The molecule has 0 unspecified atom stereocenters. The van der Waals surface area contributed by atoms with Gasteiger partial charge in [-0.2, -0.15) is 0 Å². The fraction of sp³-hybridized carbons (Fsp3) is 0.222. The van der Waals surface area contributed by atoms with Crippen molar-refractivity contribution >= 4 is 28.2 Å². The number of benzene rings is 2. The number of carbonyl (C=O) groups is 2. The third kappa shape index (κ3) is 4.88. The Morgan fingerprint density at radius 1 is 1.09 bits per heavy atom. The van der Waals surface area contributed by atoms with Crippen LogP contribution in [0.1, 0.15) is 48.8 Å². The number of halogens is 1. The molecule has 2 aromatic carbocycles. The van der Waals surface area contributed by atoms with Crippen LogP contribution in [0.15, 0.2) is 59.1 Å². The van der Waals surface area contributed by atoms with Gasteiger partial charge in [-0.25, -0.2) is 4.39 Å². The number of nitrogens with one attached hydrogen (secondary N) is 2. The largest absolute Gasteiger partial charge is 0.355 e. The minimum Gasteiger partial charge on any atom is -0.355 e. The molecule has 5 rings (SSSR count). The molecule has 6 nitrogen and oxygen atoms in total. The van der Waals surface area contributed by atoms with Crippen LogP contribution in [0.5, 0.6) is 0 Å². The lowest BCUT2D eigenvalue weighted by molar-refractivity contribution is 0.0954. The topological polar surface area (TPSA) is 84.2 Å². The molecule has 4 aromatic rings. The number of anilines is 1. The Labute approximate surface area is 206 Å². The highest BCUT2D eigenvalue weighted by atomic mass is 32.1. The van der Waals surface area contributed by atoms with E-state index in [1.807, 2.05) is 30.3 Å². The third-order valence-electron chi connectivity index (χ3n) is 6.12. The first kappa shape index (κ1) is 23.0. The fourth-order valence-corrected chi connectivity index (χ4v) is 5.50. The van der Waals surface area contributed by atoms with Crippen molar-refractivity contribution in [2.45, 2.75) is 32.6 Å². The number of aryl methyl sites for hydroxylation is 2. The number of hydrogen-bond donors (Lipinski definition) is 2. The van der Waals surface area contributed by atoms with Crippen LogP contribution in [0.25, 0.3) is 11.3 Å². The monoisotopic (exact) mass is 489 g/mol. The van der Waals surface area contributed by atoms with E-state index in [-0.39, 0.29) is 17.4 Å². The molecule has 2 aromatic heterocycles. The Balaban J connectivity index is 1.31.